The summed E-state index contributed by atoms with van der Waals surface area (Å²) >= 11 is 0. The van der Waals surface area contributed by atoms with Crippen molar-refractivity contribution in [3.8, 4) is 0 Å². The van der Waals surface area contributed by atoms with Crippen molar-refractivity contribution in [2.75, 3.05) is 13.1 Å². The van der Waals surface area contributed by atoms with Gasteiger partial charge < -0.3 is 4.90 Å². The van der Waals surface area contributed by atoms with E-state index in [-0.39, 0.29) is 0 Å². The van der Waals surface area contributed by atoms with Crippen LogP contribution in [0.15, 0.2) is 6.20 Å². The fourth-order valence-corrected chi connectivity index (χ4v) is 6.80. The summed E-state index contributed by atoms with van der Waals surface area (Å²) in [6, 6.07) is 0.348. The molecule has 1 amide bonds. The number of hydrogen-bond donors (Lipinski definition) is 0. The molecule has 0 spiro atoms. The van der Waals surface area contributed by atoms with Crippen LogP contribution >= 0.6 is 0 Å². The molecule has 4 bridgehead atoms. The second-order valence-corrected chi connectivity index (χ2v) is 9.94. The molecule has 5 nitrogen and oxygen atoms in total. The number of carbonyl (C=O) groups is 1. The molecule has 7 rings (SSSR count). The van der Waals surface area contributed by atoms with Gasteiger partial charge in [-0.15, -0.1) is 5.10 Å². The summed E-state index contributed by atoms with van der Waals surface area (Å²) in [5.41, 5.74) is 1.52. The Balaban J connectivity index is 1.08. The molecule has 0 radical (unpaired) electrons. The third kappa shape index (κ3) is 2.45. The van der Waals surface area contributed by atoms with Crippen molar-refractivity contribution in [1.29, 1.82) is 0 Å². The molecule has 5 heteroatoms. The van der Waals surface area contributed by atoms with Crippen LogP contribution in [-0.4, -0.2) is 38.9 Å². The quantitative estimate of drug-likeness (QED) is 0.846. The Morgan fingerprint density at radius 3 is 2.32 bits per heavy atom. The van der Waals surface area contributed by atoms with Crippen molar-refractivity contribution >= 4 is 5.91 Å². The predicted molar refractivity (Wildman–Crippen MR) is 92.8 cm³/mol. The number of amides is 1. The van der Waals surface area contributed by atoms with Gasteiger partial charge in [-0.2, -0.15) is 0 Å². The van der Waals surface area contributed by atoms with Gasteiger partial charge in [0, 0.05) is 31.6 Å². The minimum atomic E-state index is 0.348. The van der Waals surface area contributed by atoms with Crippen molar-refractivity contribution in [2.24, 2.45) is 23.2 Å². The lowest BCUT2D eigenvalue weighted by Gasteiger charge is -2.57. The van der Waals surface area contributed by atoms with E-state index in [0.29, 0.717) is 23.3 Å². The molecule has 1 saturated heterocycles. The van der Waals surface area contributed by atoms with Crippen LogP contribution in [0.2, 0.25) is 0 Å². The lowest BCUT2D eigenvalue weighted by Crippen LogP contribution is -2.54. The fourth-order valence-electron chi connectivity index (χ4n) is 6.80. The van der Waals surface area contributed by atoms with Crippen LogP contribution in [0, 0.1) is 23.2 Å². The Morgan fingerprint density at radius 1 is 1.08 bits per heavy atom. The van der Waals surface area contributed by atoms with Crippen molar-refractivity contribution < 1.29 is 4.79 Å². The lowest BCUT2D eigenvalue weighted by molar-refractivity contribution is -0.145. The monoisotopic (exact) mass is 340 g/mol. The van der Waals surface area contributed by atoms with Gasteiger partial charge in [0.1, 0.15) is 0 Å². The first-order valence-corrected chi connectivity index (χ1v) is 10.4. The van der Waals surface area contributed by atoms with Gasteiger partial charge in [-0.25, -0.2) is 4.68 Å². The smallest absolute Gasteiger partial charge is 0.223 e. The largest absolute Gasteiger partial charge is 0.338 e. The zero-order valence-corrected chi connectivity index (χ0v) is 14.9. The molecule has 1 aromatic rings. The Labute approximate surface area is 149 Å². The number of hydrogen-bond acceptors (Lipinski definition) is 3. The SMILES string of the molecule is O=C(CC12CC3CC(CC(C3)C1)C2)N1CC(n2cc(C3CC3)nn2)C1. The maximum atomic E-state index is 12.9. The standard InChI is InChI=1S/C20H28N4O/c25-19(9-20-6-13-3-14(7-20)5-15(4-13)8-20)23-10-17(11-23)24-12-18(21-22-24)16-1-2-16/h12-17H,1-11H2. The van der Waals surface area contributed by atoms with Gasteiger partial charge in [-0.1, -0.05) is 5.21 Å². The van der Waals surface area contributed by atoms with E-state index >= 15 is 0 Å². The van der Waals surface area contributed by atoms with Crippen molar-refractivity contribution in [3.05, 3.63) is 11.9 Å². The summed E-state index contributed by atoms with van der Waals surface area (Å²) in [6.07, 6.45) is 13.8. The van der Waals surface area contributed by atoms with E-state index in [1.165, 1.54) is 51.4 Å². The van der Waals surface area contributed by atoms with Gasteiger partial charge in [0.25, 0.3) is 0 Å². The molecule has 0 aromatic carbocycles. The van der Waals surface area contributed by atoms with Gasteiger partial charge in [0.05, 0.1) is 11.7 Å². The molecule has 1 aromatic heterocycles. The van der Waals surface area contributed by atoms with Gasteiger partial charge in [0.2, 0.25) is 5.91 Å². The molecule has 5 aliphatic carbocycles. The number of likely N-dealkylation sites (tertiary alicyclic amines) is 1. The van der Waals surface area contributed by atoms with Crippen LogP contribution in [0.5, 0.6) is 0 Å². The molecule has 6 fully saturated rings. The van der Waals surface area contributed by atoms with Crippen LogP contribution in [0.4, 0.5) is 0 Å². The minimum absolute atomic E-state index is 0.348. The summed E-state index contributed by atoms with van der Waals surface area (Å²) in [6.45, 7) is 1.66. The normalized spacial score (nSPS) is 39.7. The number of nitrogens with zero attached hydrogens (tertiary/aromatic N) is 4. The Kier molecular flexibility index (Phi) is 2.99. The van der Waals surface area contributed by atoms with Crippen molar-refractivity contribution in [1.82, 2.24) is 19.9 Å². The van der Waals surface area contributed by atoms with Crippen molar-refractivity contribution in [3.63, 3.8) is 0 Å². The molecule has 0 N–H and O–H groups in total. The minimum Gasteiger partial charge on any atom is -0.338 e. The van der Waals surface area contributed by atoms with Gasteiger partial charge in [0.15, 0.2) is 0 Å². The summed E-state index contributed by atoms with van der Waals surface area (Å²) in [5, 5.41) is 8.61. The summed E-state index contributed by atoms with van der Waals surface area (Å²) < 4.78 is 2.00. The highest BCUT2D eigenvalue weighted by Gasteiger charge is 2.52. The number of aromatic nitrogens is 3. The van der Waals surface area contributed by atoms with Gasteiger partial charge >= 0.3 is 0 Å². The van der Waals surface area contributed by atoms with Crippen LogP contribution in [0.3, 0.4) is 0 Å². The highest BCUT2D eigenvalue weighted by Crippen LogP contribution is 2.61. The maximum absolute atomic E-state index is 12.9. The molecule has 6 aliphatic rings. The molecule has 1 aliphatic heterocycles. The van der Waals surface area contributed by atoms with Crippen LogP contribution in [-0.2, 0) is 4.79 Å². The van der Waals surface area contributed by atoms with E-state index in [0.717, 1.165) is 43.0 Å². The third-order valence-electron chi connectivity index (χ3n) is 7.80. The molecule has 0 atom stereocenters. The topological polar surface area (TPSA) is 51.0 Å². The summed E-state index contributed by atoms with van der Waals surface area (Å²) in [7, 11) is 0. The zero-order valence-electron chi connectivity index (χ0n) is 14.9. The molecule has 5 saturated carbocycles. The molecular weight excluding hydrogens is 312 g/mol. The maximum Gasteiger partial charge on any atom is 0.223 e. The second kappa shape index (κ2) is 5.08. The first kappa shape index (κ1) is 14.7. The predicted octanol–water partition coefficient (Wildman–Crippen LogP) is 3.15. The Bertz CT molecular complexity index is 665. The molecule has 134 valence electrons. The summed E-state index contributed by atoms with van der Waals surface area (Å²) in [4.78, 5) is 15.0. The van der Waals surface area contributed by atoms with Crippen molar-refractivity contribution in [2.45, 2.75) is 69.7 Å². The van der Waals surface area contributed by atoms with Crippen LogP contribution < -0.4 is 0 Å². The average molecular weight is 340 g/mol. The molecule has 0 unspecified atom stereocenters. The number of rotatable bonds is 4. The Morgan fingerprint density at radius 2 is 1.72 bits per heavy atom. The third-order valence-corrected chi connectivity index (χ3v) is 7.80. The van der Waals surface area contributed by atoms with Gasteiger partial charge in [-0.05, 0) is 74.5 Å². The first-order chi connectivity index (χ1) is 12.2. The van der Waals surface area contributed by atoms with E-state index in [9.17, 15) is 4.79 Å². The Hall–Kier alpha value is -1.39. The van der Waals surface area contributed by atoms with E-state index < -0.39 is 0 Å². The average Bonchev–Trinajstić information content (AvgIpc) is 3.23. The number of carbonyl (C=O) groups excluding carboxylic acids is 1. The fraction of sp³-hybridized carbons (Fsp3) is 0.850. The second-order valence-electron chi connectivity index (χ2n) is 9.94. The molecular formula is C20H28N4O. The van der Waals surface area contributed by atoms with E-state index in [1.807, 2.05) is 4.68 Å². The van der Waals surface area contributed by atoms with Gasteiger partial charge in [-0.3, -0.25) is 4.79 Å². The highest BCUT2D eigenvalue weighted by molar-refractivity contribution is 5.78. The van der Waals surface area contributed by atoms with E-state index in [4.69, 9.17) is 0 Å². The van der Waals surface area contributed by atoms with E-state index in [2.05, 4.69) is 21.4 Å². The molecule has 25 heavy (non-hydrogen) atoms. The zero-order chi connectivity index (χ0) is 16.6. The van der Waals surface area contributed by atoms with E-state index in [1.54, 1.807) is 0 Å². The van der Waals surface area contributed by atoms with Crippen LogP contribution in [0.25, 0.3) is 0 Å². The summed E-state index contributed by atoms with van der Waals surface area (Å²) in [5.74, 6) is 3.85. The highest BCUT2D eigenvalue weighted by atomic mass is 16.2. The van der Waals surface area contributed by atoms with Crippen LogP contribution in [0.1, 0.15) is 75.4 Å². The lowest BCUT2D eigenvalue weighted by atomic mass is 9.49. The molecule has 2 heterocycles. The first-order valence-electron chi connectivity index (χ1n) is 10.4.